The van der Waals surface area contributed by atoms with Crippen LogP contribution in [0.15, 0.2) is 48.5 Å². The number of nitrogens with one attached hydrogen (secondary N) is 1. The predicted molar refractivity (Wildman–Crippen MR) is 120 cm³/mol. The monoisotopic (exact) mass is 423 g/mol. The van der Waals surface area contributed by atoms with Crippen LogP contribution in [0.2, 0.25) is 0 Å². The topological polar surface area (TPSA) is 75.6 Å². The van der Waals surface area contributed by atoms with Crippen molar-refractivity contribution in [1.29, 1.82) is 0 Å². The molecule has 0 aromatic heterocycles. The molecule has 1 aliphatic carbocycles. The standard InChI is InChI=1S/C24H25NO4S/c1-2-3-8-14-30-15-13-22(23(26)27)25-24(28)29-16-21-19-11-6-4-9-17(19)18-10-5-7-12-20(18)21/h4-7,9-12,21-22H,8,13-16H2,1H3,(H,25,28)(H,26,27). The molecule has 30 heavy (non-hydrogen) atoms. The van der Waals surface area contributed by atoms with Gasteiger partial charge in [0.25, 0.3) is 0 Å². The van der Waals surface area contributed by atoms with Crippen LogP contribution in [0.25, 0.3) is 11.1 Å². The minimum absolute atomic E-state index is 0.0540. The zero-order chi connectivity index (χ0) is 21.3. The van der Waals surface area contributed by atoms with E-state index < -0.39 is 18.1 Å². The number of ether oxygens (including phenoxy) is 1. The average Bonchev–Trinajstić information content (AvgIpc) is 3.07. The minimum Gasteiger partial charge on any atom is -0.480 e. The number of rotatable bonds is 9. The van der Waals surface area contributed by atoms with Crippen molar-refractivity contribution < 1.29 is 19.4 Å². The second kappa shape index (κ2) is 10.7. The van der Waals surface area contributed by atoms with Gasteiger partial charge in [-0.15, -0.1) is 11.8 Å². The molecule has 1 unspecified atom stereocenters. The molecule has 2 N–H and O–H groups in total. The van der Waals surface area contributed by atoms with Gasteiger partial charge in [0, 0.05) is 18.1 Å². The zero-order valence-corrected chi connectivity index (χ0v) is 17.7. The van der Waals surface area contributed by atoms with E-state index in [4.69, 9.17) is 4.74 Å². The van der Waals surface area contributed by atoms with E-state index in [0.717, 1.165) is 34.4 Å². The van der Waals surface area contributed by atoms with Gasteiger partial charge in [0.05, 0.1) is 0 Å². The van der Waals surface area contributed by atoms with E-state index >= 15 is 0 Å². The molecule has 0 bridgehead atoms. The summed E-state index contributed by atoms with van der Waals surface area (Å²) in [5.74, 6) is 6.17. The number of benzene rings is 2. The quantitative estimate of drug-likeness (QED) is 0.458. The minimum atomic E-state index is -1.06. The van der Waals surface area contributed by atoms with E-state index in [1.807, 2.05) is 36.4 Å². The molecule has 1 atom stereocenters. The first kappa shape index (κ1) is 21.8. The van der Waals surface area contributed by atoms with E-state index in [1.54, 1.807) is 18.7 Å². The average molecular weight is 424 g/mol. The number of carbonyl (C=O) groups excluding carboxylic acids is 1. The lowest BCUT2D eigenvalue weighted by molar-refractivity contribution is -0.139. The fraction of sp³-hybridized carbons (Fsp3) is 0.333. The number of carbonyl (C=O) groups is 2. The van der Waals surface area contributed by atoms with Gasteiger partial charge in [-0.05, 0) is 41.4 Å². The van der Waals surface area contributed by atoms with Crippen molar-refractivity contribution in [2.45, 2.75) is 31.7 Å². The summed E-state index contributed by atoms with van der Waals surface area (Å²) in [7, 11) is 0. The van der Waals surface area contributed by atoms with Crippen LogP contribution in [0.5, 0.6) is 0 Å². The fourth-order valence-electron chi connectivity index (χ4n) is 3.59. The molecule has 0 saturated heterocycles. The number of hydrogen-bond donors (Lipinski definition) is 2. The van der Waals surface area contributed by atoms with E-state index in [2.05, 4.69) is 29.3 Å². The van der Waals surface area contributed by atoms with E-state index in [9.17, 15) is 14.7 Å². The predicted octanol–water partition coefficient (Wildman–Crippen LogP) is 4.52. The van der Waals surface area contributed by atoms with Crippen LogP contribution in [-0.4, -0.2) is 41.3 Å². The van der Waals surface area contributed by atoms with Crippen LogP contribution >= 0.6 is 11.8 Å². The molecule has 0 fully saturated rings. The first-order valence-electron chi connectivity index (χ1n) is 9.93. The number of amides is 1. The molecule has 0 aliphatic heterocycles. The fourth-order valence-corrected chi connectivity index (χ4v) is 4.44. The molecule has 6 heteroatoms. The van der Waals surface area contributed by atoms with Gasteiger partial charge in [-0.2, -0.15) is 11.8 Å². The van der Waals surface area contributed by atoms with Crippen LogP contribution in [-0.2, 0) is 9.53 Å². The van der Waals surface area contributed by atoms with E-state index in [-0.39, 0.29) is 12.5 Å². The molecular weight excluding hydrogens is 398 g/mol. The van der Waals surface area contributed by atoms with Crippen LogP contribution in [0.1, 0.15) is 36.8 Å². The van der Waals surface area contributed by atoms with Crippen molar-refractivity contribution in [2.24, 2.45) is 0 Å². The maximum Gasteiger partial charge on any atom is 0.407 e. The lowest BCUT2D eigenvalue weighted by Crippen LogP contribution is -2.41. The SMILES string of the molecule is CC#CCCSCCC(NC(=O)OCC1c2ccccc2-c2ccccc21)C(=O)O. The lowest BCUT2D eigenvalue weighted by Gasteiger charge is -2.17. The number of thioether (sulfide) groups is 1. The Kier molecular flexibility index (Phi) is 7.81. The molecular formula is C24H25NO4S. The summed E-state index contributed by atoms with van der Waals surface area (Å²) >= 11 is 1.63. The smallest absolute Gasteiger partial charge is 0.407 e. The Morgan fingerprint density at radius 1 is 1.10 bits per heavy atom. The third-order valence-corrected chi connectivity index (χ3v) is 6.05. The van der Waals surface area contributed by atoms with Crippen molar-refractivity contribution in [3.05, 3.63) is 59.7 Å². The van der Waals surface area contributed by atoms with Crippen molar-refractivity contribution in [1.82, 2.24) is 5.32 Å². The van der Waals surface area contributed by atoms with Gasteiger partial charge >= 0.3 is 12.1 Å². The maximum atomic E-state index is 12.3. The van der Waals surface area contributed by atoms with Crippen molar-refractivity contribution in [3.63, 3.8) is 0 Å². The first-order chi connectivity index (χ1) is 14.6. The highest BCUT2D eigenvalue weighted by Crippen LogP contribution is 2.44. The van der Waals surface area contributed by atoms with Gasteiger partial charge in [-0.25, -0.2) is 9.59 Å². The number of alkyl carbamates (subject to hydrolysis) is 1. The van der Waals surface area contributed by atoms with Crippen LogP contribution in [0.3, 0.4) is 0 Å². The molecule has 1 amide bonds. The Morgan fingerprint density at radius 3 is 2.33 bits per heavy atom. The number of carboxylic acids is 1. The van der Waals surface area contributed by atoms with Crippen molar-refractivity contribution >= 4 is 23.8 Å². The maximum absolute atomic E-state index is 12.3. The largest absolute Gasteiger partial charge is 0.480 e. The molecule has 0 heterocycles. The van der Waals surface area contributed by atoms with E-state index in [0.29, 0.717) is 12.2 Å². The Balaban J connectivity index is 1.54. The Morgan fingerprint density at radius 2 is 1.73 bits per heavy atom. The summed E-state index contributed by atoms with van der Waals surface area (Å²) < 4.78 is 5.44. The van der Waals surface area contributed by atoms with Gasteiger partial charge in [0.15, 0.2) is 0 Å². The van der Waals surface area contributed by atoms with Crippen LogP contribution < -0.4 is 5.32 Å². The molecule has 0 saturated carbocycles. The van der Waals surface area contributed by atoms with Crippen LogP contribution in [0.4, 0.5) is 4.79 Å². The van der Waals surface area contributed by atoms with Gasteiger partial charge < -0.3 is 15.2 Å². The number of hydrogen-bond acceptors (Lipinski definition) is 4. The first-order valence-corrected chi connectivity index (χ1v) is 11.1. The molecule has 0 radical (unpaired) electrons. The Labute approximate surface area is 181 Å². The highest BCUT2D eigenvalue weighted by atomic mass is 32.2. The normalized spacial score (nSPS) is 12.8. The van der Waals surface area contributed by atoms with Crippen molar-refractivity contribution in [3.8, 4) is 23.0 Å². The van der Waals surface area contributed by atoms with Gasteiger partial charge in [-0.1, -0.05) is 48.5 Å². The molecule has 0 spiro atoms. The summed E-state index contributed by atoms with van der Waals surface area (Å²) in [5.41, 5.74) is 4.53. The molecule has 5 nitrogen and oxygen atoms in total. The van der Waals surface area contributed by atoms with Crippen molar-refractivity contribution in [2.75, 3.05) is 18.1 Å². The summed E-state index contributed by atoms with van der Waals surface area (Å²) in [5, 5.41) is 11.9. The summed E-state index contributed by atoms with van der Waals surface area (Å²) in [6, 6.07) is 15.2. The third kappa shape index (κ3) is 5.37. The van der Waals surface area contributed by atoms with E-state index in [1.165, 1.54) is 0 Å². The summed E-state index contributed by atoms with van der Waals surface area (Å²) in [6.45, 7) is 1.96. The molecule has 156 valence electrons. The second-order valence-electron chi connectivity index (χ2n) is 6.94. The number of carboxylic acid groups (broad SMARTS) is 1. The number of aliphatic carboxylic acids is 1. The molecule has 3 rings (SSSR count). The molecule has 2 aromatic carbocycles. The van der Waals surface area contributed by atoms with Gasteiger partial charge in [-0.3, -0.25) is 0 Å². The van der Waals surface area contributed by atoms with Gasteiger partial charge in [0.1, 0.15) is 12.6 Å². The van der Waals surface area contributed by atoms with Crippen LogP contribution in [0, 0.1) is 11.8 Å². The lowest BCUT2D eigenvalue weighted by atomic mass is 9.98. The number of fused-ring (bicyclic) bond motifs is 3. The highest BCUT2D eigenvalue weighted by molar-refractivity contribution is 7.99. The zero-order valence-electron chi connectivity index (χ0n) is 16.9. The second-order valence-corrected chi connectivity index (χ2v) is 8.16. The summed E-state index contributed by atoms with van der Waals surface area (Å²) in [4.78, 5) is 23.8. The Hall–Kier alpha value is -2.91. The third-order valence-electron chi connectivity index (χ3n) is 5.03. The Bertz CT molecular complexity index is 917. The summed E-state index contributed by atoms with van der Waals surface area (Å²) in [6.07, 6.45) is 0.411. The highest BCUT2D eigenvalue weighted by Gasteiger charge is 2.29. The van der Waals surface area contributed by atoms with Gasteiger partial charge in [0.2, 0.25) is 0 Å². The molecule has 2 aromatic rings. The molecule has 1 aliphatic rings.